The number of hydrogen-bond donors (Lipinski definition) is 1. The third kappa shape index (κ3) is 4.93. The summed E-state index contributed by atoms with van der Waals surface area (Å²) in [6.07, 6.45) is 5.98. The van der Waals surface area contributed by atoms with Crippen molar-refractivity contribution >= 4 is 28.7 Å². The summed E-state index contributed by atoms with van der Waals surface area (Å²) < 4.78 is 16.8. The third-order valence-electron chi connectivity index (χ3n) is 8.45. The van der Waals surface area contributed by atoms with Crippen LogP contribution in [0.5, 0.6) is 11.5 Å². The fourth-order valence-electron chi connectivity index (χ4n) is 6.12. The number of nitrogens with zero attached hydrogens (tertiary/aromatic N) is 3. The van der Waals surface area contributed by atoms with Crippen molar-refractivity contribution < 1.29 is 19.0 Å². The third-order valence-corrected chi connectivity index (χ3v) is 8.45. The van der Waals surface area contributed by atoms with Gasteiger partial charge in [-0.15, -0.1) is 0 Å². The zero-order valence-corrected chi connectivity index (χ0v) is 23.6. The molecule has 1 amide bonds. The van der Waals surface area contributed by atoms with Crippen LogP contribution in [0.1, 0.15) is 36.0 Å². The average molecular weight is 553 g/mol. The molecule has 1 saturated heterocycles. The van der Waals surface area contributed by atoms with E-state index in [1.54, 1.807) is 14.2 Å². The number of amides is 1. The smallest absolute Gasteiger partial charge is 0.238 e. The number of methoxy groups -OCH3 is 2. The second-order valence-corrected chi connectivity index (χ2v) is 10.7. The second kappa shape index (κ2) is 11.3. The van der Waals surface area contributed by atoms with E-state index in [9.17, 15) is 4.79 Å². The summed E-state index contributed by atoms with van der Waals surface area (Å²) in [5.74, 6) is 1.58. The minimum Gasteiger partial charge on any atom is -0.497 e. The van der Waals surface area contributed by atoms with Crippen LogP contribution >= 0.6 is 0 Å². The molecule has 3 aliphatic rings. The predicted molar refractivity (Wildman–Crippen MR) is 162 cm³/mol. The van der Waals surface area contributed by atoms with E-state index in [4.69, 9.17) is 24.9 Å². The molecule has 1 spiro atoms. The van der Waals surface area contributed by atoms with Crippen molar-refractivity contribution in [2.75, 3.05) is 50.3 Å². The topological polar surface area (TPSA) is 89.6 Å². The molecule has 3 aromatic carbocycles. The number of allylic oxidation sites excluding steroid dienone is 1. The van der Waals surface area contributed by atoms with Gasteiger partial charge in [0, 0.05) is 24.3 Å². The molecule has 212 valence electrons. The summed E-state index contributed by atoms with van der Waals surface area (Å²) in [7, 11) is 3.30. The van der Waals surface area contributed by atoms with Gasteiger partial charge in [0.15, 0.2) is 0 Å². The largest absolute Gasteiger partial charge is 0.497 e. The van der Waals surface area contributed by atoms with Gasteiger partial charge >= 0.3 is 0 Å². The molecule has 2 aliphatic heterocycles. The normalized spacial score (nSPS) is 18.1. The standard InChI is InChI=1S/C33H36N4O4/c1-39-27-9-7-23(8-10-27)22-37-31-28(33(32(37)38)12-4-13-33)19-24(20-30(31)40-2)29(11-14-34)35-25-5-3-6-26(21-25)36-15-17-41-18-16-36/h3,5-11,14,19-21H,4,12-13,15-18,22,34H2,1-2H3. The average Bonchev–Trinajstić information content (AvgIpc) is 3.25. The Bertz CT molecular complexity index is 1490. The molecule has 8 heteroatoms. The summed E-state index contributed by atoms with van der Waals surface area (Å²) >= 11 is 0. The van der Waals surface area contributed by atoms with Gasteiger partial charge in [-0.3, -0.25) is 4.79 Å². The quantitative estimate of drug-likeness (QED) is 0.391. The maximum absolute atomic E-state index is 14.0. The molecule has 2 fully saturated rings. The highest BCUT2D eigenvalue weighted by Crippen LogP contribution is 2.57. The molecule has 2 N–H and O–H groups in total. The van der Waals surface area contributed by atoms with Gasteiger partial charge in [-0.2, -0.15) is 0 Å². The van der Waals surface area contributed by atoms with Gasteiger partial charge in [0.25, 0.3) is 0 Å². The van der Waals surface area contributed by atoms with Crippen LogP contribution in [-0.4, -0.2) is 52.1 Å². The van der Waals surface area contributed by atoms with Crippen LogP contribution in [-0.2, 0) is 21.5 Å². The van der Waals surface area contributed by atoms with Crippen molar-refractivity contribution in [2.24, 2.45) is 10.7 Å². The van der Waals surface area contributed by atoms with Crippen LogP contribution < -0.4 is 25.0 Å². The van der Waals surface area contributed by atoms with E-state index in [1.165, 1.54) is 6.20 Å². The number of carbonyl (C=O) groups excluding carboxylic acids is 1. The Kier molecular flexibility index (Phi) is 7.41. The van der Waals surface area contributed by atoms with E-state index in [2.05, 4.69) is 23.1 Å². The lowest BCUT2D eigenvalue weighted by Crippen LogP contribution is -2.44. The number of fused-ring (bicyclic) bond motifs is 2. The first kappa shape index (κ1) is 26.9. The molecule has 8 nitrogen and oxygen atoms in total. The maximum Gasteiger partial charge on any atom is 0.238 e. The first-order valence-corrected chi connectivity index (χ1v) is 14.1. The van der Waals surface area contributed by atoms with Crippen LogP contribution in [0.2, 0.25) is 0 Å². The molecule has 1 saturated carbocycles. The van der Waals surface area contributed by atoms with Crippen LogP contribution in [0, 0.1) is 0 Å². The molecule has 0 atom stereocenters. The molecule has 6 rings (SSSR count). The van der Waals surface area contributed by atoms with Crippen LogP contribution in [0.25, 0.3) is 0 Å². The molecular formula is C33H36N4O4. The number of carbonyl (C=O) groups is 1. The predicted octanol–water partition coefficient (Wildman–Crippen LogP) is 5.10. The van der Waals surface area contributed by atoms with Crippen molar-refractivity contribution in [1.29, 1.82) is 0 Å². The fraction of sp³-hybridized carbons (Fsp3) is 0.333. The monoisotopic (exact) mass is 552 g/mol. The minimum absolute atomic E-state index is 0.135. The van der Waals surface area contributed by atoms with E-state index in [-0.39, 0.29) is 5.91 Å². The summed E-state index contributed by atoms with van der Waals surface area (Å²) in [6, 6.07) is 20.1. The Balaban J connectivity index is 1.40. The Morgan fingerprint density at radius 3 is 2.49 bits per heavy atom. The van der Waals surface area contributed by atoms with Gasteiger partial charge in [-0.05, 0) is 78.7 Å². The number of rotatable bonds is 8. The number of benzene rings is 3. The van der Waals surface area contributed by atoms with Crippen LogP contribution in [0.15, 0.2) is 77.9 Å². The molecule has 0 bridgehead atoms. The Morgan fingerprint density at radius 1 is 1.05 bits per heavy atom. The molecule has 0 radical (unpaired) electrons. The van der Waals surface area contributed by atoms with Gasteiger partial charge in [-0.25, -0.2) is 4.99 Å². The van der Waals surface area contributed by atoms with Crippen molar-refractivity contribution in [3.05, 3.63) is 89.6 Å². The Hall–Kier alpha value is -4.30. The summed E-state index contributed by atoms with van der Waals surface area (Å²) in [5, 5.41) is 0. The molecule has 1 aliphatic carbocycles. The Morgan fingerprint density at radius 2 is 1.83 bits per heavy atom. The number of morpholine rings is 1. The second-order valence-electron chi connectivity index (χ2n) is 10.7. The highest BCUT2D eigenvalue weighted by Gasteiger charge is 2.55. The van der Waals surface area contributed by atoms with Gasteiger partial charge in [-0.1, -0.05) is 24.6 Å². The van der Waals surface area contributed by atoms with Crippen molar-refractivity contribution in [3.63, 3.8) is 0 Å². The number of nitrogens with two attached hydrogens (primary N) is 1. The number of ether oxygens (including phenoxy) is 3. The molecule has 2 heterocycles. The molecule has 41 heavy (non-hydrogen) atoms. The molecule has 0 unspecified atom stereocenters. The van der Waals surface area contributed by atoms with Crippen molar-refractivity contribution in [2.45, 2.75) is 31.2 Å². The lowest BCUT2D eigenvalue weighted by atomic mass is 9.65. The van der Waals surface area contributed by atoms with Gasteiger partial charge in [0.2, 0.25) is 5.91 Å². The first-order chi connectivity index (χ1) is 20.1. The van der Waals surface area contributed by atoms with E-state index in [0.29, 0.717) is 18.0 Å². The number of hydrogen-bond acceptors (Lipinski definition) is 7. The number of aliphatic imine (C=N–C) groups is 1. The van der Waals surface area contributed by atoms with E-state index in [0.717, 1.165) is 85.1 Å². The lowest BCUT2D eigenvalue weighted by Gasteiger charge is -2.37. The van der Waals surface area contributed by atoms with Crippen molar-refractivity contribution in [3.8, 4) is 11.5 Å². The van der Waals surface area contributed by atoms with Crippen LogP contribution in [0.4, 0.5) is 17.1 Å². The highest BCUT2D eigenvalue weighted by atomic mass is 16.5. The van der Waals surface area contributed by atoms with Crippen LogP contribution in [0.3, 0.4) is 0 Å². The van der Waals surface area contributed by atoms with Crippen molar-refractivity contribution in [1.82, 2.24) is 0 Å². The van der Waals surface area contributed by atoms with Gasteiger partial charge in [0.1, 0.15) is 11.5 Å². The summed E-state index contributed by atoms with van der Waals surface area (Å²) in [6.45, 7) is 3.62. The fourth-order valence-corrected chi connectivity index (χ4v) is 6.12. The summed E-state index contributed by atoms with van der Waals surface area (Å²) in [4.78, 5) is 23.2. The van der Waals surface area contributed by atoms with Gasteiger partial charge in [0.05, 0.1) is 56.5 Å². The molecule has 3 aromatic rings. The van der Waals surface area contributed by atoms with Gasteiger partial charge < -0.3 is 29.7 Å². The van der Waals surface area contributed by atoms with E-state index < -0.39 is 5.41 Å². The zero-order chi connectivity index (χ0) is 28.4. The minimum atomic E-state index is -0.529. The lowest BCUT2D eigenvalue weighted by molar-refractivity contribution is -0.126. The summed E-state index contributed by atoms with van der Waals surface area (Å²) in [5.41, 5.74) is 11.8. The maximum atomic E-state index is 14.0. The molecular weight excluding hydrogens is 516 g/mol. The van der Waals surface area contributed by atoms with E-state index in [1.807, 2.05) is 53.4 Å². The number of anilines is 2. The Labute approximate surface area is 241 Å². The molecule has 0 aromatic heterocycles. The SMILES string of the molecule is COc1ccc(CN2C(=O)C3(CCC3)c3cc(C(C=CN)=Nc4cccc(N5CCOCC5)c4)cc(OC)c32)cc1. The zero-order valence-electron chi connectivity index (χ0n) is 23.6. The van der Waals surface area contributed by atoms with E-state index >= 15 is 0 Å². The first-order valence-electron chi connectivity index (χ1n) is 14.1. The highest BCUT2D eigenvalue weighted by molar-refractivity contribution is 6.14.